The van der Waals surface area contributed by atoms with Crippen molar-refractivity contribution in [1.29, 1.82) is 0 Å². The number of carbonyl (C=O) groups is 1. The third-order valence-corrected chi connectivity index (χ3v) is 3.48. The Morgan fingerprint density at radius 1 is 1.17 bits per heavy atom. The number of nitrogens with one attached hydrogen (secondary N) is 1. The maximum absolute atomic E-state index is 12.8. The standard InChI is InChI=1S/C18H20FNO3/c1-18(22,11-13-3-9-16(23-2)10-4-13)12-20-17(21)14-5-7-15(19)8-6-14/h3-10,22H,11-12H2,1-2H3,(H,20,21). The summed E-state index contributed by atoms with van der Waals surface area (Å²) in [5, 5.41) is 13.1. The molecule has 1 unspecified atom stereocenters. The number of halogens is 1. The summed E-state index contributed by atoms with van der Waals surface area (Å²) in [5.41, 5.74) is 0.197. The van der Waals surface area contributed by atoms with E-state index in [1.54, 1.807) is 14.0 Å². The van der Waals surface area contributed by atoms with Crippen LogP contribution in [0.2, 0.25) is 0 Å². The average Bonchev–Trinajstić information content (AvgIpc) is 2.54. The highest BCUT2D eigenvalue weighted by molar-refractivity contribution is 5.94. The van der Waals surface area contributed by atoms with Crippen LogP contribution in [0.5, 0.6) is 5.75 Å². The number of aliphatic hydroxyl groups is 1. The van der Waals surface area contributed by atoms with Crippen LogP contribution >= 0.6 is 0 Å². The molecule has 4 nitrogen and oxygen atoms in total. The highest BCUT2D eigenvalue weighted by Gasteiger charge is 2.22. The van der Waals surface area contributed by atoms with E-state index in [2.05, 4.69) is 5.32 Å². The summed E-state index contributed by atoms with van der Waals surface area (Å²) in [6.45, 7) is 1.75. The first-order valence-electron chi connectivity index (χ1n) is 7.29. The molecule has 0 radical (unpaired) electrons. The molecule has 1 amide bonds. The Bertz CT molecular complexity index is 651. The fourth-order valence-electron chi connectivity index (χ4n) is 2.22. The Balaban J connectivity index is 1.92. The second kappa shape index (κ2) is 7.24. The molecule has 2 N–H and O–H groups in total. The zero-order chi connectivity index (χ0) is 16.9. The van der Waals surface area contributed by atoms with Gasteiger partial charge in [0.25, 0.3) is 5.91 Å². The topological polar surface area (TPSA) is 58.6 Å². The molecule has 2 rings (SSSR count). The summed E-state index contributed by atoms with van der Waals surface area (Å²) in [7, 11) is 1.59. The van der Waals surface area contributed by atoms with Gasteiger partial charge in [-0.1, -0.05) is 12.1 Å². The van der Waals surface area contributed by atoms with E-state index >= 15 is 0 Å². The van der Waals surface area contributed by atoms with Gasteiger partial charge in [0.15, 0.2) is 0 Å². The Morgan fingerprint density at radius 3 is 2.35 bits per heavy atom. The molecule has 2 aromatic carbocycles. The summed E-state index contributed by atoms with van der Waals surface area (Å²) in [6.07, 6.45) is 0.390. The Hall–Kier alpha value is -2.40. The summed E-state index contributed by atoms with van der Waals surface area (Å²) in [4.78, 5) is 12.0. The third kappa shape index (κ3) is 5.07. The lowest BCUT2D eigenvalue weighted by atomic mass is 9.96. The lowest BCUT2D eigenvalue weighted by Gasteiger charge is -2.24. The van der Waals surface area contributed by atoms with E-state index in [-0.39, 0.29) is 12.5 Å². The first kappa shape index (κ1) is 17.0. The number of methoxy groups -OCH3 is 1. The summed E-state index contributed by atoms with van der Waals surface area (Å²) < 4.78 is 17.9. The highest BCUT2D eigenvalue weighted by Crippen LogP contribution is 2.16. The number of rotatable bonds is 6. The van der Waals surface area contributed by atoms with E-state index in [9.17, 15) is 14.3 Å². The fourth-order valence-corrected chi connectivity index (χ4v) is 2.22. The normalized spacial score (nSPS) is 13.2. The zero-order valence-electron chi connectivity index (χ0n) is 13.2. The van der Waals surface area contributed by atoms with Gasteiger partial charge in [-0.3, -0.25) is 4.79 Å². The van der Waals surface area contributed by atoms with Crippen LogP contribution < -0.4 is 10.1 Å². The van der Waals surface area contributed by atoms with Crippen molar-refractivity contribution in [3.63, 3.8) is 0 Å². The van der Waals surface area contributed by atoms with Gasteiger partial charge in [-0.15, -0.1) is 0 Å². The molecule has 0 fully saturated rings. The molecule has 23 heavy (non-hydrogen) atoms. The second-order valence-electron chi connectivity index (χ2n) is 5.71. The summed E-state index contributed by atoms with van der Waals surface area (Å²) in [6, 6.07) is 12.6. The van der Waals surface area contributed by atoms with E-state index < -0.39 is 11.4 Å². The van der Waals surface area contributed by atoms with Gasteiger partial charge in [-0.2, -0.15) is 0 Å². The SMILES string of the molecule is COc1ccc(CC(C)(O)CNC(=O)c2ccc(F)cc2)cc1. The molecule has 0 aliphatic rings. The minimum Gasteiger partial charge on any atom is -0.497 e. The molecular weight excluding hydrogens is 297 g/mol. The van der Waals surface area contributed by atoms with E-state index in [0.29, 0.717) is 12.0 Å². The van der Waals surface area contributed by atoms with E-state index in [1.165, 1.54) is 24.3 Å². The van der Waals surface area contributed by atoms with Crippen molar-refractivity contribution in [2.24, 2.45) is 0 Å². The zero-order valence-corrected chi connectivity index (χ0v) is 13.2. The van der Waals surface area contributed by atoms with E-state index in [0.717, 1.165) is 11.3 Å². The number of benzene rings is 2. The first-order chi connectivity index (χ1) is 10.9. The molecule has 0 saturated carbocycles. The maximum Gasteiger partial charge on any atom is 0.251 e. The first-order valence-corrected chi connectivity index (χ1v) is 7.29. The van der Waals surface area contributed by atoms with Gasteiger partial charge in [0.05, 0.1) is 12.7 Å². The van der Waals surface area contributed by atoms with E-state index in [4.69, 9.17) is 4.74 Å². The smallest absolute Gasteiger partial charge is 0.251 e. The number of ether oxygens (including phenoxy) is 1. The number of amides is 1. The summed E-state index contributed by atoms with van der Waals surface area (Å²) in [5.74, 6) is 0.00561. The van der Waals surface area contributed by atoms with Gasteiger partial charge in [0.2, 0.25) is 0 Å². The van der Waals surface area contributed by atoms with Crippen molar-refractivity contribution >= 4 is 5.91 Å². The molecule has 0 spiro atoms. The van der Waals surface area contributed by atoms with Crippen LogP contribution in [0.15, 0.2) is 48.5 Å². The third-order valence-electron chi connectivity index (χ3n) is 3.48. The van der Waals surface area contributed by atoms with Crippen LogP contribution in [0, 0.1) is 5.82 Å². The van der Waals surface area contributed by atoms with Crippen LogP contribution in [0.4, 0.5) is 4.39 Å². The van der Waals surface area contributed by atoms with Crippen molar-refractivity contribution in [1.82, 2.24) is 5.32 Å². The molecule has 0 aromatic heterocycles. The Kier molecular flexibility index (Phi) is 5.34. The Morgan fingerprint density at radius 2 is 1.78 bits per heavy atom. The molecule has 1 atom stereocenters. The Labute approximate surface area is 134 Å². The van der Waals surface area contributed by atoms with Crippen LogP contribution in [0.25, 0.3) is 0 Å². The molecule has 0 saturated heterocycles. The van der Waals surface area contributed by atoms with Crippen LogP contribution in [0.3, 0.4) is 0 Å². The molecule has 0 heterocycles. The van der Waals surface area contributed by atoms with Gasteiger partial charge in [0, 0.05) is 18.5 Å². The predicted octanol–water partition coefficient (Wildman–Crippen LogP) is 2.56. The predicted molar refractivity (Wildman–Crippen MR) is 86.1 cm³/mol. The second-order valence-corrected chi connectivity index (χ2v) is 5.71. The molecular formula is C18H20FNO3. The van der Waals surface area contributed by atoms with Crippen LogP contribution in [0.1, 0.15) is 22.8 Å². The molecule has 0 aliphatic heterocycles. The minimum absolute atomic E-state index is 0.0925. The highest BCUT2D eigenvalue weighted by atomic mass is 19.1. The van der Waals surface area contributed by atoms with Crippen LogP contribution in [-0.2, 0) is 6.42 Å². The maximum atomic E-state index is 12.8. The van der Waals surface area contributed by atoms with Gasteiger partial charge < -0.3 is 15.2 Å². The van der Waals surface area contributed by atoms with Crippen LogP contribution in [-0.4, -0.2) is 30.3 Å². The lowest BCUT2D eigenvalue weighted by Crippen LogP contribution is -2.42. The molecule has 0 bridgehead atoms. The van der Waals surface area contributed by atoms with Gasteiger partial charge in [0.1, 0.15) is 11.6 Å². The molecule has 5 heteroatoms. The van der Waals surface area contributed by atoms with Crippen molar-refractivity contribution in [3.8, 4) is 5.75 Å². The lowest BCUT2D eigenvalue weighted by molar-refractivity contribution is 0.0552. The minimum atomic E-state index is -1.09. The number of hydrogen-bond acceptors (Lipinski definition) is 3. The largest absolute Gasteiger partial charge is 0.497 e. The monoisotopic (exact) mass is 317 g/mol. The van der Waals surface area contributed by atoms with Crippen molar-refractivity contribution in [2.75, 3.05) is 13.7 Å². The summed E-state index contributed by atoms with van der Waals surface area (Å²) >= 11 is 0. The van der Waals surface area contributed by atoms with Gasteiger partial charge >= 0.3 is 0 Å². The van der Waals surface area contributed by atoms with Crippen molar-refractivity contribution < 1.29 is 19.0 Å². The number of hydrogen-bond donors (Lipinski definition) is 2. The van der Waals surface area contributed by atoms with Crippen molar-refractivity contribution in [3.05, 3.63) is 65.5 Å². The number of carbonyl (C=O) groups excluding carboxylic acids is 1. The molecule has 122 valence electrons. The average molecular weight is 317 g/mol. The van der Waals surface area contributed by atoms with E-state index in [1.807, 2.05) is 24.3 Å². The van der Waals surface area contributed by atoms with Gasteiger partial charge in [-0.25, -0.2) is 4.39 Å². The quantitative estimate of drug-likeness (QED) is 0.861. The van der Waals surface area contributed by atoms with Crippen molar-refractivity contribution in [2.45, 2.75) is 18.9 Å². The van der Waals surface area contributed by atoms with Gasteiger partial charge in [-0.05, 0) is 48.9 Å². The molecule has 2 aromatic rings. The molecule has 0 aliphatic carbocycles. The fraction of sp³-hybridized carbons (Fsp3) is 0.278.